The smallest absolute Gasteiger partial charge is 0.263 e. The van der Waals surface area contributed by atoms with Crippen LogP contribution >= 0.6 is 11.6 Å². The maximum atomic E-state index is 12.2. The van der Waals surface area contributed by atoms with Crippen LogP contribution in [-0.4, -0.2) is 8.42 Å². The van der Waals surface area contributed by atoms with Gasteiger partial charge in [-0.2, -0.15) is 0 Å². The minimum atomic E-state index is -3.75. The van der Waals surface area contributed by atoms with Crippen LogP contribution in [0.25, 0.3) is 0 Å². The Hall–Kier alpha value is -1.72. The van der Waals surface area contributed by atoms with Gasteiger partial charge in [0.05, 0.1) is 16.4 Å². The number of nitrogens with two attached hydrogens (primary N) is 1. The number of rotatable bonds is 3. The molecule has 2 aromatic carbocycles. The molecular weight excluding hydrogens is 284 g/mol. The van der Waals surface area contributed by atoms with Crippen molar-refractivity contribution in [3.05, 3.63) is 53.1 Å². The van der Waals surface area contributed by atoms with Gasteiger partial charge in [0.15, 0.2) is 0 Å². The second-order valence-electron chi connectivity index (χ2n) is 4.13. The second-order valence-corrected chi connectivity index (χ2v) is 6.18. The first-order chi connectivity index (χ1) is 8.90. The summed E-state index contributed by atoms with van der Waals surface area (Å²) in [7, 11) is -3.75. The van der Waals surface area contributed by atoms with Crippen molar-refractivity contribution in [3.8, 4) is 0 Å². The van der Waals surface area contributed by atoms with Crippen molar-refractivity contribution >= 4 is 33.0 Å². The molecule has 0 aromatic heterocycles. The molecule has 0 unspecified atom stereocenters. The molecule has 19 heavy (non-hydrogen) atoms. The van der Waals surface area contributed by atoms with Crippen LogP contribution in [0.4, 0.5) is 11.4 Å². The first-order valence-corrected chi connectivity index (χ1v) is 7.40. The minimum absolute atomic E-state index is 0.0255. The van der Waals surface area contributed by atoms with Crippen molar-refractivity contribution < 1.29 is 8.42 Å². The second kappa shape index (κ2) is 5.11. The third-order valence-corrected chi connectivity index (χ3v) is 4.44. The van der Waals surface area contributed by atoms with Gasteiger partial charge in [-0.25, -0.2) is 8.42 Å². The highest BCUT2D eigenvalue weighted by atomic mass is 35.5. The van der Waals surface area contributed by atoms with Crippen molar-refractivity contribution in [2.75, 3.05) is 10.5 Å². The van der Waals surface area contributed by atoms with E-state index in [1.165, 1.54) is 12.1 Å². The van der Waals surface area contributed by atoms with Gasteiger partial charge in [0, 0.05) is 0 Å². The van der Waals surface area contributed by atoms with Crippen LogP contribution in [0.1, 0.15) is 5.56 Å². The van der Waals surface area contributed by atoms with E-state index in [1.54, 1.807) is 24.3 Å². The largest absolute Gasteiger partial charge is 0.397 e. The van der Waals surface area contributed by atoms with Crippen molar-refractivity contribution in [2.45, 2.75) is 11.8 Å². The molecule has 0 heterocycles. The molecule has 4 nitrogen and oxygen atoms in total. The highest BCUT2D eigenvalue weighted by molar-refractivity contribution is 7.92. The Kier molecular flexibility index (Phi) is 3.68. The van der Waals surface area contributed by atoms with E-state index in [4.69, 9.17) is 17.3 Å². The molecule has 0 aliphatic heterocycles. The number of anilines is 2. The molecule has 0 aliphatic carbocycles. The molecule has 3 N–H and O–H groups in total. The Morgan fingerprint density at radius 3 is 2.53 bits per heavy atom. The van der Waals surface area contributed by atoms with E-state index in [9.17, 15) is 8.42 Å². The van der Waals surface area contributed by atoms with Gasteiger partial charge in [-0.05, 0) is 36.8 Å². The van der Waals surface area contributed by atoms with Crippen molar-refractivity contribution in [1.29, 1.82) is 0 Å². The van der Waals surface area contributed by atoms with Gasteiger partial charge in [-0.1, -0.05) is 29.8 Å². The van der Waals surface area contributed by atoms with E-state index < -0.39 is 10.0 Å². The molecule has 100 valence electrons. The third-order valence-electron chi connectivity index (χ3n) is 2.58. The molecule has 2 aromatic rings. The maximum absolute atomic E-state index is 12.2. The fraction of sp³-hybridized carbons (Fsp3) is 0.0769. The first kappa shape index (κ1) is 13.7. The quantitative estimate of drug-likeness (QED) is 0.855. The van der Waals surface area contributed by atoms with E-state index >= 15 is 0 Å². The molecule has 0 bridgehead atoms. The normalized spacial score (nSPS) is 11.3. The fourth-order valence-electron chi connectivity index (χ4n) is 1.62. The number of hydrogen-bond acceptors (Lipinski definition) is 3. The molecule has 0 radical (unpaired) electrons. The van der Waals surface area contributed by atoms with Crippen LogP contribution < -0.4 is 10.5 Å². The molecule has 0 spiro atoms. The zero-order valence-electron chi connectivity index (χ0n) is 10.2. The molecule has 0 aliphatic rings. The molecule has 0 saturated carbocycles. The van der Waals surface area contributed by atoms with Crippen LogP contribution in [0.3, 0.4) is 0 Å². The summed E-state index contributed by atoms with van der Waals surface area (Å²) in [6.07, 6.45) is 0. The van der Waals surface area contributed by atoms with E-state index in [0.29, 0.717) is 11.4 Å². The summed E-state index contributed by atoms with van der Waals surface area (Å²) in [5.41, 5.74) is 7.37. The molecule has 2 rings (SSSR count). The van der Waals surface area contributed by atoms with E-state index in [1.807, 2.05) is 13.0 Å². The highest BCUT2D eigenvalue weighted by Gasteiger charge is 2.18. The van der Waals surface area contributed by atoms with Crippen molar-refractivity contribution in [3.63, 3.8) is 0 Å². The summed E-state index contributed by atoms with van der Waals surface area (Å²) in [6.45, 7) is 1.85. The summed E-state index contributed by atoms with van der Waals surface area (Å²) in [4.78, 5) is 0.0255. The van der Waals surface area contributed by atoms with Crippen molar-refractivity contribution in [1.82, 2.24) is 0 Å². The van der Waals surface area contributed by atoms with Crippen LogP contribution in [0, 0.1) is 6.92 Å². The highest BCUT2D eigenvalue weighted by Crippen LogP contribution is 2.26. The van der Waals surface area contributed by atoms with Crippen LogP contribution in [-0.2, 0) is 10.0 Å². The summed E-state index contributed by atoms with van der Waals surface area (Å²) in [5.74, 6) is 0. The maximum Gasteiger partial charge on any atom is 0.263 e. The lowest BCUT2D eigenvalue weighted by Gasteiger charge is -2.11. The van der Waals surface area contributed by atoms with Gasteiger partial charge in [0.2, 0.25) is 0 Å². The van der Waals surface area contributed by atoms with Crippen LogP contribution in [0.5, 0.6) is 0 Å². The topological polar surface area (TPSA) is 72.2 Å². The Bertz CT molecular complexity index is 714. The molecule has 0 fully saturated rings. The lowest BCUT2D eigenvalue weighted by atomic mass is 10.2. The molecule has 6 heteroatoms. The predicted molar refractivity (Wildman–Crippen MR) is 77.9 cm³/mol. The van der Waals surface area contributed by atoms with E-state index in [2.05, 4.69) is 4.72 Å². The first-order valence-electron chi connectivity index (χ1n) is 5.53. The van der Waals surface area contributed by atoms with Gasteiger partial charge in [-0.15, -0.1) is 0 Å². The molecule has 0 atom stereocenters. The summed E-state index contributed by atoms with van der Waals surface area (Å²) < 4.78 is 26.9. The van der Waals surface area contributed by atoms with Crippen LogP contribution in [0.15, 0.2) is 47.4 Å². The SMILES string of the molecule is Cc1ccc(N)c(NS(=O)(=O)c2ccccc2Cl)c1. The van der Waals surface area contributed by atoms with Crippen LogP contribution in [0.2, 0.25) is 5.02 Å². The van der Waals surface area contributed by atoms with Gasteiger partial charge in [0.1, 0.15) is 4.90 Å². The number of sulfonamides is 1. The van der Waals surface area contributed by atoms with Crippen molar-refractivity contribution in [2.24, 2.45) is 0 Å². The summed E-state index contributed by atoms with van der Waals surface area (Å²) in [5, 5.41) is 0.168. The van der Waals surface area contributed by atoms with Gasteiger partial charge >= 0.3 is 0 Å². The fourth-order valence-corrected chi connectivity index (χ4v) is 3.22. The lowest BCUT2D eigenvalue weighted by Crippen LogP contribution is -2.14. The Morgan fingerprint density at radius 2 is 1.84 bits per heavy atom. The number of hydrogen-bond donors (Lipinski definition) is 2. The standard InChI is InChI=1S/C13H13ClN2O2S/c1-9-6-7-11(15)12(8-9)16-19(17,18)13-5-3-2-4-10(13)14/h2-8,16H,15H2,1H3. The van der Waals surface area contributed by atoms with E-state index in [-0.39, 0.29) is 9.92 Å². The molecular formula is C13H13ClN2O2S. The number of benzene rings is 2. The Labute approximate surface area is 117 Å². The summed E-state index contributed by atoms with van der Waals surface area (Å²) in [6, 6.07) is 11.4. The van der Waals surface area contributed by atoms with Gasteiger partial charge < -0.3 is 5.73 Å². The van der Waals surface area contributed by atoms with Gasteiger partial charge in [0.25, 0.3) is 10.0 Å². The number of nitrogen functional groups attached to an aromatic ring is 1. The molecule has 0 saturated heterocycles. The average Bonchev–Trinajstić information content (AvgIpc) is 2.34. The zero-order chi connectivity index (χ0) is 14.0. The zero-order valence-corrected chi connectivity index (χ0v) is 11.8. The number of aryl methyl sites for hydroxylation is 1. The lowest BCUT2D eigenvalue weighted by molar-refractivity contribution is 0.601. The van der Waals surface area contributed by atoms with E-state index in [0.717, 1.165) is 5.56 Å². The average molecular weight is 297 g/mol. The third kappa shape index (κ3) is 3.00. The van der Waals surface area contributed by atoms with Gasteiger partial charge in [-0.3, -0.25) is 4.72 Å². The summed E-state index contributed by atoms with van der Waals surface area (Å²) >= 11 is 5.90. The minimum Gasteiger partial charge on any atom is -0.397 e. The molecule has 0 amide bonds. The Morgan fingerprint density at radius 1 is 1.16 bits per heavy atom. The Balaban J connectivity index is 2.43. The predicted octanol–water partition coefficient (Wildman–Crippen LogP) is 3.03. The number of nitrogens with one attached hydrogen (secondary N) is 1. The number of halogens is 1. The monoisotopic (exact) mass is 296 g/mol.